The number of aliphatic imine (C=N–C) groups is 1. The van der Waals surface area contributed by atoms with E-state index >= 15 is 0 Å². The van der Waals surface area contributed by atoms with Gasteiger partial charge in [-0.25, -0.2) is 13.1 Å². The second-order valence-electron chi connectivity index (χ2n) is 7.17. The summed E-state index contributed by atoms with van der Waals surface area (Å²) in [6, 6.07) is 7.46. The molecule has 2 heterocycles. The lowest BCUT2D eigenvalue weighted by Crippen LogP contribution is -2.57. The number of nitrogens with one attached hydrogen (secondary N) is 1. The van der Waals surface area contributed by atoms with Crippen LogP contribution < -0.4 is 5.32 Å². The summed E-state index contributed by atoms with van der Waals surface area (Å²) in [4.78, 5) is 6.30. The van der Waals surface area contributed by atoms with Gasteiger partial charge in [0.1, 0.15) is 0 Å². The van der Waals surface area contributed by atoms with E-state index in [0.717, 1.165) is 11.3 Å². The highest BCUT2D eigenvalue weighted by Gasteiger charge is 2.40. The van der Waals surface area contributed by atoms with Crippen molar-refractivity contribution in [3.05, 3.63) is 47.2 Å². The van der Waals surface area contributed by atoms with E-state index in [1.165, 1.54) is 0 Å². The molecule has 0 bridgehead atoms. The molecule has 1 saturated heterocycles. The van der Waals surface area contributed by atoms with Crippen LogP contribution in [-0.4, -0.2) is 59.7 Å². The molecule has 1 aromatic carbocycles. The third kappa shape index (κ3) is 4.98. The van der Waals surface area contributed by atoms with Crippen molar-refractivity contribution in [1.82, 2.24) is 20.0 Å². The Morgan fingerprint density at radius 2 is 2.00 bits per heavy atom. The van der Waals surface area contributed by atoms with Gasteiger partial charge in [0, 0.05) is 43.5 Å². The molecule has 7 nitrogen and oxygen atoms in total. The van der Waals surface area contributed by atoms with E-state index in [0.29, 0.717) is 30.6 Å². The summed E-state index contributed by atoms with van der Waals surface area (Å²) in [5.41, 5.74) is 1.92. The average molecular weight is 538 g/mol. The normalized spacial score (nSPS) is 18.4. The van der Waals surface area contributed by atoms with Crippen LogP contribution in [0.1, 0.15) is 19.4 Å². The Hall–Kier alpha value is -1.33. The van der Waals surface area contributed by atoms with Crippen LogP contribution in [0.5, 0.6) is 0 Å². The van der Waals surface area contributed by atoms with Gasteiger partial charge in [0.2, 0.25) is 0 Å². The Morgan fingerprint density at radius 3 is 2.61 bits per heavy atom. The Kier molecular flexibility index (Phi) is 7.38. The summed E-state index contributed by atoms with van der Waals surface area (Å²) < 4.78 is 25.4. The Labute approximate surface area is 188 Å². The van der Waals surface area contributed by atoms with Crippen LogP contribution >= 0.6 is 35.6 Å². The molecule has 0 saturated carbocycles. The zero-order valence-electron chi connectivity index (χ0n) is 16.1. The van der Waals surface area contributed by atoms with Crippen molar-refractivity contribution in [1.29, 1.82) is 0 Å². The maximum Gasteiger partial charge on any atom is 0.193 e. The van der Waals surface area contributed by atoms with E-state index in [1.807, 2.05) is 35.4 Å². The third-order valence-electron chi connectivity index (χ3n) is 4.73. The quantitative estimate of drug-likeness (QED) is 0.370. The Morgan fingerprint density at radius 1 is 1.32 bits per heavy atom. The van der Waals surface area contributed by atoms with Crippen molar-refractivity contribution < 1.29 is 8.42 Å². The SMILES string of the molecule is CN=C(NCc1cnn(-c2ccc(Cl)cc2)c1)N1CCS(=O)(=O)C(C)(C)C1.I. The highest BCUT2D eigenvalue weighted by atomic mass is 127. The van der Waals surface area contributed by atoms with Crippen molar-refractivity contribution in [3.8, 4) is 5.69 Å². The van der Waals surface area contributed by atoms with Gasteiger partial charge in [-0.1, -0.05) is 11.6 Å². The van der Waals surface area contributed by atoms with Crippen molar-refractivity contribution in [3.63, 3.8) is 0 Å². The first-order valence-corrected chi connectivity index (χ1v) is 10.7. The third-order valence-corrected chi connectivity index (χ3v) is 7.52. The van der Waals surface area contributed by atoms with E-state index in [4.69, 9.17) is 11.6 Å². The first-order chi connectivity index (χ1) is 12.7. The molecule has 0 spiro atoms. The lowest BCUT2D eigenvalue weighted by Gasteiger charge is -2.39. The van der Waals surface area contributed by atoms with Crippen LogP contribution in [0, 0.1) is 0 Å². The number of hydrogen-bond acceptors (Lipinski definition) is 4. The monoisotopic (exact) mass is 537 g/mol. The summed E-state index contributed by atoms with van der Waals surface area (Å²) in [5, 5.41) is 8.36. The number of sulfone groups is 1. The number of nitrogens with zero attached hydrogens (tertiary/aromatic N) is 4. The van der Waals surface area contributed by atoms with Gasteiger partial charge in [0.15, 0.2) is 15.8 Å². The molecule has 154 valence electrons. The van der Waals surface area contributed by atoms with Crippen molar-refractivity contribution >= 4 is 51.4 Å². The average Bonchev–Trinajstić information content (AvgIpc) is 3.08. The van der Waals surface area contributed by atoms with Crippen molar-refractivity contribution in [2.75, 3.05) is 25.9 Å². The highest BCUT2D eigenvalue weighted by Crippen LogP contribution is 2.23. The zero-order chi connectivity index (χ0) is 19.7. The zero-order valence-corrected chi connectivity index (χ0v) is 20.0. The second kappa shape index (κ2) is 9.00. The van der Waals surface area contributed by atoms with Gasteiger partial charge < -0.3 is 10.2 Å². The molecule has 2 aromatic rings. The maximum absolute atomic E-state index is 12.2. The Bertz CT molecular complexity index is 941. The molecule has 1 aromatic heterocycles. The topological polar surface area (TPSA) is 79.6 Å². The summed E-state index contributed by atoms with van der Waals surface area (Å²) in [5.74, 6) is 0.826. The number of halogens is 2. The minimum atomic E-state index is -3.08. The molecule has 1 fully saturated rings. The minimum absolute atomic E-state index is 0. The second-order valence-corrected chi connectivity index (χ2v) is 10.3. The molecule has 0 amide bonds. The summed E-state index contributed by atoms with van der Waals surface area (Å²) in [6.07, 6.45) is 3.73. The summed E-state index contributed by atoms with van der Waals surface area (Å²) in [6.45, 7) is 4.92. The van der Waals surface area contributed by atoms with Gasteiger partial charge in [-0.05, 0) is 38.1 Å². The number of aromatic nitrogens is 2. The van der Waals surface area contributed by atoms with Gasteiger partial charge in [-0.2, -0.15) is 5.10 Å². The van der Waals surface area contributed by atoms with Crippen LogP contribution in [0.3, 0.4) is 0 Å². The van der Waals surface area contributed by atoms with Crippen LogP contribution in [0.2, 0.25) is 5.02 Å². The number of hydrogen-bond donors (Lipinski definition) is 1. The molecule has 3 rings (SSSR count). The predicted molar refractivity (Wildman–Crippen MR) is 124 cm³/mol. The summed E-state index contributed by atoms with van der Waals surface area (Å²) in [7, 11) is -1.38. The van der Waals surface area contributed by atoms with Gasteiger partial charge >= 0.3 is 0 Å². The first-order valence-electron chi connectivity index (χ1n) is 8.69. The fraction of sp³-hybridized carbons (Fsp3) is 0.444. The van der Waals surface area contributed by atoms with Crippen LogP contribution in [0.25, 0.3) is 5.69 Å². The molecule has 1 N–H and O–H groups in total. The number of rotatable bonds is 3. The highest BCUT2D eigenvalue weighted by molar-refractivity contribution is 14.0. The van der Waals surface area contributed by atoms with E-state index in [9.17, 15) is 8.42 Å². The molecule has 10 heteroatoms. The largest absolute Gasteiger partial charge is 0.352 e. The molecule has 1 aliphatic rings. The van der Waals surface area contributed by atoms with E-state index in [-0.39, 0.29) is 29.7 Å². The van der Waals surface area contributed by atoms with Gasteiger partial charge in [-0.3, -0.25) is 4.99 Å². The summed E-state index contributed by atoms with van der Waals surface area (Å²) >= 11 is 5.92. The molecular weight excluding hydrogens is 513 g/mol. The molecular formula is C18H25ClIN5O2S. The molecule has 0 radical (unpaired) electrons. The van der Waals surface area contributed by atoms with Crippen molar-refractivity contribution in [2.45, 2.75) is 25.1 Å². The smallest absolute Gasteiger partial charge is 0.193 e. The predicted octanol–water partition coefficient (Wildman–Crippen LogP) is 2.73. The number of benzene rings is 1. The standard InChI is InChI=1S/C18H24ClN5O2S.HI/c1-18(2)13-23(8-9-27(18,25)26)17(20-3)21-10-14-11-22-24(12-14)16-6-4-15(19)5-7-16;/h4-7,11-12H,8-10,13H2,1-3H3,(H,20,21);1H. The molecule has 0 aliphatic carbocycles. The van der Waals surface area contributed by atoms with Crippen LogP contribution in [-0.2, 0) is 16.4 Å². The maximum atomic E-state index is 12.2. The van der Waals surface area contributed by atoms with Gasteiger partial charge in [0.05, 0.1) is 22.4 Å². The van der Waals surface area contributed by atoms with E-state index in [2.05, 4.69) is 15.4 Å². The molecule has 0 atom stereocenters. The molecule has 28 heavy (non-hydrogen) atoms. The van der Waals surface area contributed by atoms with Crippen LogP contribution in [0.4, 0.5) is 0 Å². The van der Waals surface area contributed by atoms with E-state index in [1.54, 1.807) is 31.8 Å². The van der Waals surface area contributed by atoms with Gasteiger partial charge in [0.25, 0.3) is 0 Å². The number of guanidine groups is 1. The fourth-order valence-electron chi connectivity index (χ4n) is 3.02. The lowest BCUT2D eigenvalue weighted by molar-refractivity contribution is 0.353. The van der Waals surface area contributed by atoms with E-state index < -0.39 is 14.6 Å². The van der Waals surface area contributed by atoms with Gasteiger partial charge in [-0.15, -0.1) is 24.0 Å². The minimum Gasteiger partial charge on any atom is -0.352 e. The first kappa shape index (κ1) is 23.0. The van der Waals surface area contributed by atoms with Crippen LogP contribution in [0.15, 0.2) is 41.7 Å². The van der Waals surface area contributed by atoms with Crippen molar-refractivity contribution in [2.24, 2.45) is 4.99 Å². The lowest BCUT2D eigenvalue weighted by atomic mass is 10.2. The molecule has 0 unspecified atom stereocenters. The fourth-order valence-corrected chi connectivity index (χ4v) is 4.52. The molecule has 1 aliphatic heterocycles. The Balaban J connectivity index is 0.00000280.